The normalized spacial score (nSPS) is 15.8. The van der Waals surface area contributed by atoms with Gasteiger partial charge in [-0.15, -0.1) is 0 Å². The molecule has 2 amide bonds. The van der Waals surface area contributed by atoms with Crippen LogP contribution in [-0.2, 0) is 11.2 Å². The lowest BCUT2D eigenvalue weighted by Crippen LogP contribution is -2.47. The number of halogens is 2. The minimum absolute atomic E-state index is 0.00430. The molecule has 7 nitrogen and oxygen atoms in total. The molecule has 158 valence electrons. The summed E-state index contributed by atoms with van der Waals surface area (Å²) in [7, 11) is 1.61. The van der Waals surface area contributed by atoms with Crippen LogP contribution in [0, 0.1) is 11.6 Å². The average Bonchev–Trinajstić information content (AvgIpc) is 2.88. The zero-order chi connectivity index (χ0) is 22.0. The van der Waals surface area contributed by atoms with Gasteiger partial charge in [0, 0.05) is 31.6 Å². The molecule has 2 aromatic heterocycles. The Bertz CT molecular complexity index is 1160. The number of amides is 2. The van der Waals surface area contributed by atoms with Gasteiger partial charge in [0.05, 0.1) is 0 Å². The SMILES string of the molecule is CN1C(=O)[C@@H](NC(=O)c2cc(Oc3ccc(F)cc3F)ccn2)CCc2cccnc21. The third-order valence-electron chi connectivity index (χ3n) is 4.91. The van der Waals surface area contributed by atoms with Gasteiger partial charge in [-0.2, -0.15) is 0 Å². The molecule has 0 bridgehead atoms. The predicted molar refractivity (Wildman–Crippen MR) is 108 cm³/mol. The van der Waals surface area contributed by atoms with E-state index in [1.54, 1.807) is 19.3 Å². The van der Waals surface area contributed by atoms with Crippen molar-refractivity contribution in [2.24, 2.45) is 0 Å². The number of rotatable bonds is 4. The van der Waals surface area contributed by atoms with E-state index >= 15 is 0 Å². The molecule has 0 saturated carbocycles. The highest BCUT2D eigenvalue weighted by atomic mass is 19.1. The molecule has 0 saturated heterocycles. The molecule has 3 aromatic rings. The van der Waals surface area contributed by atoms with Gasteiger partial charge in [0.15, 0.2) is 11.6 Å². The summed E-state index contributed by atoms with van der Waals surface area (Å²) in [6.07, 6.45) is 3.92. The van der Waals surface area contributed by atoms with Crippen molar-refractivity contribution in [3.63, 3.8) is 0 Å². The number of aryl methyl sites for hydroxylation is 1. The fourth-order valence-electron chi connectivity index (χ4n) is 3.34. The number of ether oxygens (including phenoxy) is 1. The molecule has 0 aliphatic carbocycles. The Morgan fingerprint density at radius 1 is 1.16 bits per heavy atom. The number of nitrogens with one attached hydrogen (secondary N) is 1. The Labute approximate surface area is 176 Å². The van der Waals surface area contributed by atoms with Crippen LogP contribution in [0.4, 0.5) is 14.6 Å². The van der Waals surface area contributed by atoms with E-state index in [2.05, 4.69) is 15.3 Å². The predicted octanol–water partition coefficient (Wildman–Crippen LogP) is 3.25. The van der Waals surface area contributed by atoms with Gasteiger partial charge >= 0.3 is 0 Å². The molecule has 31 heavy (non-hydrogen) atoms. The van der Waals surface area contributed by atoms with Crippen molar-refractivity contribution < 1.29 is 23.1 Å². The van der Waals surface area contributed by atoms with Crippen LogP contribution in [0.5, 0.6) is 11.5 Å². The Kier molecular flexibility index (Phi) is 5.57. The number of likely N-dealkylation sites (N-methyl/N-ethyl adjacent to an activating group) is 1. The van der Waals surface area contributed by atoms with Crippen LogP contribution in [0.25, 0.3) is 0 Å². The third kappa shape index (κ3) is 4.35. The fraction of sp³-hybridized carbons (Fsp3) is 0.182. The molecule has 0 spiro atoms. The van der Waals surface area contributed by atoms with Crippen LogP contribution in [0.2, 0.25) is 0 Å². The third-order valence-corrected chi connectivity index (χ3v) is 4.91. The fourth-order valence-corrected chi connectivity index (χ4v) is 3.34. The van der Waals surface area contributed by atoms with Gasteiger partial charge in [0.2, 0.25) is 5.91 Å². The smallest absolute Gasteiger partial charge is 0.270 e. The highest BCUT2D eigenvalue weighted by molar-refractivity contribution is 6.01. The second kappa shape index (κ2) is 8.47. The maximum absolute atomic E-state index is 13.8. The Morgan fingerprint density at radius 3 is 2.81 bits per heavy atom. The van der Waals surface area contributed by atoms with E-state index in [4.69, 9.17) is 4.74 Å². The molecule has 0 unspecified atom stereocenters. The van der Waals surface area contributed by atoms with Gasteiger partial charge in [0.1, 0.15) is 29.1 Å². The first kappa shape index (κ1) is 20.4. The van der Waals surface area contributed by atoms with Crippen molar-refractivity contribution >= 4 is 17.6 Å². The number of carbonyl (C=O) groups excluding carboxylic acids is 2. The zero-order valence-corrected chi connectivity index (χ0v) is 16.5. The summed E-state index contributed by atoms with van der Waals surface area (Å²) >= 11 is 0. The number of carbonyl (C=O) groups is 2. The minimum atomic E-state index is -0.872. The highest BCUT2D eigenvalue weighted by Gasteiger charge is 2.30. The number of aromatic nitrogens is 2. The van der Waals surface area contributed by atoms with Crippen molar-refractivity contribution in [2.75, 3.05) is 11.9 Å². The molecule has 4 rings (SSSR count). The molecular formula is C22H18F2N4O3. The molecule has 9 heteroatoms. The number of anilines is 1. The van der Waals surface area contributed by atoms with Crippen molar-refractivity contribution in [3.05, 3.63) is 77.8 Å². The lowest BCUT2D eigenvalue weighted by molar-refractivity contribution is -0.120. The number of pyridine rings is 2. The quantitative estimate of drug-likeness (QED) is 0.695. The number of fused-ring (bicyclic) bond motifs is 1. The molecule has 0 fully saturated rings. The van der Waals surface area contributed by atoms with E-state index in [-0.39, 0.29) is 23.1 Å². The minimum Gasteiger partial charge on any atom is -0.454 e. The van der Waals surface area contributed by atoms with Crippen molar-refractivity contribution in [1.82, 2.24) is 15.3 Å². The maximum atomic E-state index is 13.8. The number of nitrogens with zero attached hydrogens (tertiary/aromatic N) is 3. The van der Waals surface area contributed by atoms with E-state index in [0.29, 0.717) is 24.7 Å². The van der Waals surface area contributed by atoms with E-state index in [0.717, 1.165) is 17.7 Å². The standard InChI is InChI=1S/C22H18F2N4O3/c1-28-20-13(3-2-9-26-20)4-6-17(22(28)30)27-21(29)18-12-15(8-10-25-18)31-19-7-5-14(23)11-16(19)24/h2-3,5,7-12,17H,4,6H2,1H3,(H,27,29)/t17-/m0/s1. The van der Waals surface area contributed by atoms with Crippen molar-refractivity contribution in [2.45, 2.75) is 18.9 Å². The summed E-state index contributed by atoms with van der Waals surface area (Å²) in [6.45, 7) is 0. The Balaban J connectivity index is 1.49. The number of hydrogen-bond acceptors (Lipinski definition) is 5. The molecule has 3 heterocycles. The Morgan fingerprint density at radius 2 is 2.00 bits per heavy atom. The van der Waals surface area contributed by atoms with Crippen LogP contribution in [0.3, 0.4) is 0 Å². The maximum Gasteiger partial charge on any atom is 0.270 e. The summed E-state index contributed by atoms with van der Waals surface area (Å²) in [5.74, 6) is -1.93. The second-order valence-corrected chi connectivity index (χ2v) is 7.00. The van der Waals surface area contributed by atoms with Crippen LogP contribution in [0.15, 0.2) is 54.9 Å². The highest BCUT2D eigenvalue weighted by Crippen LogP contribution is 2.26. The lowest BCUT2D eigenvalue weighted by atomic mass is 10.1. The van der Waals surface area contributed by atoms with E-state index in [1.807, 2.05) is 6.07 Å². The summed E-state index contributed by atoms with van der Waals surface area (Å²) < 4.78 is 32.3. The molecule has 1 atom stereocenters. The largest absolute Gasteiger partial charge is 0.454 e. The first-order chi connectivity index (χ1) is 14.9. The first-order valence-electron chi connectivity index (χ1n) is 9.53. The van der Waals surface area contributed by atoms with Crippen molar-refractivity contribution in [1.29, 1.82) is 0 Å². The summed E-state index contributed by atoms with van der Waals surface area (Å²) in [5.41, 5.74) is 0.917. The summed E-state index contributed by atoms with van der Waals surface area (Å²) in [4.78, 5) is 35.2. The van der Waals surface area contributed by atoms with Crippen LogP contribution in [0.1, 0.15) is 22.5 Å². The number of hydrogen-bond donors (Lipinski definition) is 1. The zero-order valence-electron chi connectivity index (χ0n) is 16.5. The molecule has 1 aromatic carbocycles. The monoisotopic (exact) mass is 424 g/mol. The molecule has 1 N–H and O–H groups in total. The number of benzene rings is 1. The summed E-state index contributed by atoms with van der Waals surface area (Å²) in [5, 5.41) is 2.70. The van der Waals surface area contributed by atoms with Gasteiger partial charge < -0.3 is 10.1 Å². The molecule has 1 aliphatic heterocycles. The van der Waals surface area contributed by atoms with Crippen LogP contribution < -0.4 is 15.0 Å². The van der Waals surface area contributed by atoms with Gasteiger partial charge in [0.25, 0.3) is 5.91 Å². The second-order valence-electron chi connectivity index (χ2n) is 7.00. The summed E-state index contributed by atoms with van der Waals surface area (Å²) in [6, 6.07) is 8.61. The van der Waals surface area contributed by atoms with Crippen LogP contribution in [-0.4, -0.2) is 34.9 Å². The topological polar surface area (TPSA) is 84.4 Å². The Hall–Kier alpha value is -3.88. The van der Waals surface area contributed by atoms with Gasteiger partial charge in [-0.05, 0) is 42.7 Å². The molecule has 0 radical (unpaired) electrons. The van der Waals surface area contributed by atoms with Crippen molar-refractivity contribution in [3.8, 4) is 11.5 Å². The van der Waals surface area contributed by atoms with Gasteiger partial charge in [-0.1, -0.05) is 6.07 Å². The van der Waals surface area contributed by atoms with Crippen LogP contribution >= 0.6 is 0 Å². The van der Waals surface area contributed by atoms with E-state index < -0.39 is 23.6 Å². The van der Waals surface area contributed by atoms with E-state index in [9.17, 15) is 18.4 Å². The average molecular weight is 424 g/mol. The molecular weight excluding hydrogens is 406 g/mol. The van der Waals surface area contributed by atoms with Gasteiger partial charge in [-0.25, -0.2) is 13.8 Å². The first-order valence-corrected chi connectivity index (χ1v) is 9.53. The molecule has 1 aliphatic rings. The van der Waals surface area contributed by atoms with E-state index in [1.165, 1.54) is 23.2 Å². The van der Waals surface area contributed by atoms with Gasteiger partial charge in [-0.3, -0.25) is 19.5 Å². The lowest BCUT2D eigenvalue weighted by Gasteiger charge is -2.21.